The van der Waals surface area contributed by atoms with Gasteiger partial charge in [-0.15, -0.1) is 0 Å². The van der Waals surface area contributed by atoms with Crippen molar-refractivity contribution >= 4 is 5.97 Å². The van der Waals surface area contributed by atoms with Gasteiger partial charge in [0, 0.05) is 31.5 Å². The maximum atomic E-state index is 12.6. The van der Waals surface area contributed by atoms with Crippen molar-refractivity contribution in [2.24, 2.45) is 23.5 Å². The van der Waals surface area contributed by atoms with Crippen molar-refractivity contribution in [1.82, 2.24) is 4.90 Å². The van der Waals surface area contributed by atoms with Crippen LogP contribution in [0.3, 0.4) is 0 Å². The zero-order valence-corrected chi connectivity index (χ0v) is 18.4. The monoisotopic (exact) mass is 404 g/mol. The number of phenols is 1. The van der Waals surface area contributed by atoms with E-state index in [1.807, 2.05) is 26.0 Å². The number of esters is 1. The van der Waals surface area contributed by atoms with Crippen molar-refractivity contribution < 1.29 is 19.4 Å². The molecule has 0 aromatic heterocycles. The summed E-state index contributed by atoms with van der Waals surface area (Å²) in [6, 6.07) is 3.33. The number of rotatable bonds is 6. The number of benzene rings is 1. The Morgan fingerprint density at radius 2 is 2.03 bits per heavy atom. The largest absolute Gasteiger partial charge is 0.504 e. The summed E-state index contributed by atoms with van der Waals surface area (Å²) in [5, 5.41) is 10.2. The zero-order valence-electron chi connectivity index (χ0n) is 18.4. The lowest BCUT2D eigenvalue weighted by atomic mass is 9.79. The third kappa shape index (κ3) is 4.69. The van der Waals surface area contributed by atoms with Crippen LogP contribution in [-0.2, 0) is 16.0 Å². The summed E-state index contributed by atoms with van der Waals surface area (Å²) in [6.07, 6.45) is 2.51. The minimum absolute atomic E-state index is 0.0498. The van der Waals surface area contributed by atoms with Gasteiger partial charge in [0.05, 0.1) is 7.11 Å². The summed E-state index contributed by atoms with van der Waals surface area (Å²) >= 11 is 0. The lowest BCUT2D eigenvalue weighted by Crippen LogP contribution is -2.51. The van der Waals surface area contributed by atoms with Crippen LogP contribution in [0, 0.1) is 17.8 Å². The Labute approximate surface area is 174 Å². The fraction of sp³-hybridized carbons (Fsp3) is 0.696. The number of hydrogen-bond acceptors (Lipinski definition) is 6. The standard InChI is InChI=1S/C23H36N2O4/c1-13(2)8-16-12-25-7-6-15-9-19(26)21(28-5)10-17(15)18(25)11-20(16)29-23(27)22(24)14(3)4/h9-10,13-14,16,18,20,22,26H,6-8,11-12,24H2,1-5H3/t16-,18-,20-,22+/m1/s1. The maximum absolute atomic E-state index is 12.6. The van der Waals surface area contributed by atoms with Crippen LogP contribution in [0.2, 0.25) is 0 Å². The lowest BCUT2D eigenvalue weighted by molar-refractivity contribution is -0.160. The third-order valence-corrected chi connectivity index (χ3v) is 6.39. The molecule has 3 N–H and O–H groups in total. The summed E-state index contributed by atoms with van der Waals surface area (Å²) in [5.41, 5.74) is 8.38. The Morgan fingerprint density at radius 3 is 2.66 bits per heavy atom. The quantitative estimate of drug-likeness (QED) is 0.708. The van der Waals surface area contributed by atoms with Crippen LogP contribution in [0.1, 0.15) is 57.7 Å². The number of phenolic OH excluding ortho intramolecular Hbond substituents is 1. The summed E-state index contributed by atoms with van der Waals surface area (Å²) in [7, 11) is 1.57. The molecule has 162 valence electrons. The van der Waals surface area contributed by atoms with Gasteiger partial charge < -0.3 is 20.3 Å². The van der Waals surface area contributed by atoms with E-state index in [0.29, 0.717) is 17.6 Å². The van der Waals surface area contributed by atoms with Gasteiger partial charge in [-0.3, -0.25) is 9.69 Å². The number of fused-ring (bicyclic) bond motifs is 3. The molecule has 6 nitrogen and oxygen atoms in total. The first-order chi connectivity index (χ1) is 13.7. The Hall–Kier alpha value is -1.79. The molecule has 0 radical (unpaired) electrons. The van der Waals surface area contributed by atoms with Crippen LogP contribution in [-0.4, -0.2) is 48.3 Å². The van der Waals surface area contributed by atoms with Gasteiger partial charge in [-0.1, -0.05) is 27.7 Å². The molecule has 1 saturated heterocycles. The van der Waals surface area contributed by atoms with E-state index in [9.17, 15) is 9.90 Å². The fourth-order valence-electron chi connectivity index (χ4n) is 4.74. The highest BCUT2D eigenvalue weighted by molar-refractivity contribution is 5.76. The molecule has 2 aliphatic heterocycles. The molecule has 0 saturated carbocycles. The van der Waals surface area contributed by atoms with E-state index in [0.717, 1.165) is 37.9 Å². The number of methoxy groups -OCH3 is 1. The molecule has 6 heteroatoms. The van der Waals surface area contributed by atoms with Crippen LogP contribution < -0.4 is 10.5 Å². The molecular weight excluding hydrogens is 368 g/mol. The molecule has 2 heterocycles. The van der Waals surface area contributed by atoms with Gasteiger partial charge >= 0.3 is 5.97 Å². The molecule has 4 atom stereocenters. The van der Waals surface area contributed by atoms with Crippen molar-refractivity contribution in [2.45, 2.75) is 65.1 Å². The molecule has 0 aliphatic carbocycles. The molecule has 3 rings (SSSR count). The number of nitrogens with zero attached hydrogens (tertiary/aromatic N) is 1. The summed E-state index contributed by atoms with van der Waals surface area (Å²) in [4.78, 5) is 15.1. The molecule has 2 aliphatic rings. The molecule has 1 fully saturated rings. The summed E-state index contributed by atoms with van der Waals surface area (Å²) in [6.45, 7) is 10.2. The Balaban J connectivity index is 1.87. The van der Waals surface area contributed by atoms with E-state index in [4.69, 9.17) is 15.2 Å². The van der Waals surface area contributed by atoms with Gasteiger partial charge in [-0.25, -0.2) is 0 Å². The molecule has 29 heavy (non-hydrogen) atoms. The molecule has 1 aromatic rings. The van der Waals surface area contributed by atoms with Gasteiger partial charge in [-0.2, -0.15) is 0 Å². The van der Waals surface area contributed by atoms with Gasteiger partial charge in [0.1, 0.15) is 12.1 Å². The second kappa shape index (κ2) is 8.92. The molecule has 1 aromatic carbocycles. The van der Waals surface area contributed by atoms with E-state index >= 15 is 0 Å². The maximum Gasteiger partial charge on any atom is 0.323 e. The Bertz CT molecular complexity index is 734. The predicted octanol–water partition coefficient (Wildman–Crippen LogP) is 3.26. The number of nitrogens with two attached hydrogens (primary N) is 1. The number of carbonyl (C=O) groups excluding carboxylic acids is 1. The summed E-state index contributed by atoms with van der Waals surface area (Å²) in [5.74, 6) is 1.26. The van der Waals surface area contributed by atoms with Gasteiger partial charge in [0.2, 0.25) is 0 Å². The van der Waals surface area contributed by atoms with Crippen molar-refractivity contribution in [1.29, 1.82) is 0 Å². The van der Waals surface area contributed by atoms with E-state index in [2.05, 4.69) is 18.7 Å². The van der Waals surface area contributed by atoms with Crippen LogP contribution in [0.15, 0.2) is 12.1 Å². The SMILES string of the molecule is COc1cc2c(cc1O)CCN1C[C@@H](CC(C)C)[C@H](OC(=O)[C@@H](N)C(C)C)C[C@H]21. The van der Waals surface area contributed by atoms with Crippen LogP contribution in [0.5, 0.6) is 11.5 Å². The van der Waals surface area contributed by atoms with Crippen LogP contribution in [0.25, 0.3) is 0 Å². The molecule has 0 spiro atoms. The minimum Gasteiger partial charge on any atom is -0.504 e. The third-order valence-electron chi connectivity index (χ3n) is 6.39. The van der Waals surface area contributed by atoms with Gasteiger partial charge in [0.25, 0.3) is 0 Å². The Kier molecular flexibility index (Phi) is 6.74. The lowest BCUT2D eigenvalue weighted by Gasteiger charge is -2.47. The summed E-state index contributed by atoms with van der Waals surface area (Å²) < 4.78 is 11.3. The minimum atomic E-state index is -0.594. The number of aromatic hydroxyl groups is 1. The van der Waals surface area contributed by atoms with E-state index in [-0.39, 0.29) is 29.8 Å². The number of hydrogen-bond donors (Lipinski definition) is 2. The molecular formula is C23H36N2O4. The van der Waals surface area contributed by atoms with Crippen molar-refractivity contribution in [3.05, 3.63) is 23.3 Å². The van der Waals surface area contributed by atoms with Crippen molar-refractivity contribution in [2.75, 3.05) is 20.2 Å². The van der Waals surface area contributed by atoms with E-state index in [1.165, 1.54) is 5.56 Å². The Morgan fingerprint density at radius 1 is 1.31 bits per heavy atom. The zero-order chi connectivity index (χ0) is 21.3. The van der Waals surface area contributed by atoms with Crippen molar-refractivity contribution in [3.63, 3.8) is 0 Å². The van der Waals surface area contributed by atoms with Crippen LogP contribution in [0.4, 0.5) is 0 Å². The van der Waals surface area contributed by atoms with Crippen LogP contribution >= 0.6 is 0 Å². The first-order valence-electron chi connectivity index (χ1n) is 10.8. The molecule has 0 unspecified atom stereocenters. The second-order valence-electron chi connectivity index (χ2n) is 9.35. The number of ether oxygens (including phenoxy) is 2. The second-order valence-corrected chi connectivity index (χ2v) is 9.35. The first-order valence-corrected chi connectivity index (χ1v) is 10.8. The highest BCUT2D eigenvalue weighted by Gasteiger charge is 2.41. The van der Waals surface area contributed by atoms with Gasteiger partial charge in [0.15, 0.2) is 11.5 Å². The molecule has 0 bridgehead atoms. The molecule has 0 amide bonds. The number of piperidine rings is 1. The smallest absolute Gasteiger partial charge is 0.323 e. The predicted molar refractivity (Wildman–Crippen MR) is 113 cm³/mol. The average molecular weight is 405 g/mol. The van der Waals surface area contributed by atoms with E-state index < -0.39 is 6.04 Å². The normalized spacial score (nSPS) is 25.4. The highest BCUT2D eigenvalue weighted by atomic mass is 16.5. The fourth-order valence-corrected chi connectivity index (χ4v) is 4.74. The first kappa shape index (κ1) is 21.9. The van der Waals surface area contributed by atoms with E-state index in [1.54, 1.807) is 7.11 Å². The topological polar surface area (TPSA) is 85.0 Å². The highest BCUT2D eigenvalue weighted by Crippen LogP contribution is 2.44. The van der Waals surface area contributed by atoms with Gasteiger partial charge in [-0.05, 0) is 47.9 Å². The average Bonchev–Trinajstić information content (AvgIpc) is 2.66. The van der Waals surface area contributed by atoms with Crippen molar-refractivity contribution in [3.8, 4) is 11.5 Å². The number of carbonyl (C=O) groups is 1.